The Bertz CT molecular complexity index is 767. The van der Waals surface area contributed by atoms with Gasteiger partial charge in [-0.3, -0.25) is 9.59 Å². The van der Waals surface area contributed by atoms with Crippen LogP contribution in [0, 0.1) is 0 Å². The number of rotatable bonds is 6. The van der Waals surface area contributed by atoms with E-state index < -0.39 is 11.4 Å². The summed E-state index contributed by atoms with van der Waals surface area (Å²) in [6, 6.07) is 10.1. The van der Waals surface area contributed by atoms with Gasteiger partial charge in [-0.25, -0.2) is 4.98 Å². The lowest BCUT2D eigenvalue weighted by Gasteiger charge is -2.20. The topological polar surface area (TPSA) is 88.5 Å². The summed E-state index contributed by atoms with van der Waals surface area (Å²) >= 11 is 0. The summed E-state index contributed by atoms with van der Waals surface area (Å²) in [6.45, 7) is 7.01. The molecule has 1 aromatic carbocycles. The van der Waals surface area contributed by atoms with Gasteiger partial charge in [-0.05, 0) is 57.5 Å². The van der Waals surface area contributed by atoms with E-state index in [0.29, 0.717) is 17.0 Å². The number of amides is 1. The SMILES string of the molecule is CC(C)Oc1cccnc1C(=O)Nc1ccc(C(C)(C)C(=O)O)cc1. The van der Waals surface area contributed by atoms with Crippen LogP contribution in [-0.4, -0.2) is 28.1 Å². The molecule has 0 bridgehead atoms. The van der Waals surface area contributed by atoms with Gasteiger partial charge < -0.3 is 15.2 Å². The molecule has 0 aliphatic carbocycles. The van der Waals surface area contributed by atoms with E-state index in [1.54, 1.807) is 50.2 Å². The Balaban J connectivity index is 2.18. The van der Waals surface area contributed by atoms with E-state index in [1.807, 2.05) is 13.8 Å². The summed E-state index contributed by atoms with van der Waals surface area (Å²) in [6.07, 6.45) is 1.45. The first-order chi connectivity index (χ1) is 11.7. The summed E-state index contributed by atoms with van der Waals surface area (Å²) in [5, 5.41) is 12.0. The van der Waals surface area contributed by atoms with E-state index in [1.165, 1.54) is 6.20 Å². The Morgan fingerprint density at radius 1 is 1.16 bits per heavy atom. The minimum atomic E-state index is -0.998. The molecule has 0 aliphatic rings. The monoisotopic (exact) mass is 342 g/mol. The van der Waals surface area contributed by atoms with Crippen LogP contribution in [0.15, 0.2) is 42.6 Å². The highest BCUT2D eigenvalue weighted by Crippen LogP contribution is 2.25. The third-order valence-corrected chi connectivity index (χ3v) is 3.75. The molecule has 0 spiro atoms. The average Bonchev–Trinajstić information content (AvgIpc) is 2.55. The number of nitrogens with zero attached hydrogens (tertiary/aromatic N) is 1. The van der Waals surface area contributed by atoms with Crippen LogP contribution in [0.25, 0.3) is 0 Å². The van der Waals surface area contributed by atoms with Gasteiger partial charge in [-0.15, -0.1) is 0 Å². The molecule has 1 amide bonds. The highest BCUT2D eigenvalue weighted by molar-refractivity contribution is 6.04. The lowest BCUT2D eigenvalue weighted by Crippen LogP contribution is -2.28. The molecule has 132 valence electrons. The maximum Gasteiger partial charge on any atom is 0.313 e. The van der Waals surface area contributed by atoms with Crippen molar-refractivity contribution in [1.29, 1.82) is 0 Å². The highest BCUT2D eigenvalue weighted by atomic mass is 16.5. The van der Waals surface area contributed by atoms with Crippen LogP contribution in [0.3, 0.4) is 0 Å². The second-order valence-corrected chi connectivity index (χ2v) is 6.48. The number of carbonyl (C=O) groups excluding carboxylic acids is 1. The fourth-order valence-corrected chi connectivity index (χ4v) is 2.19. The first kappa shape index (κ1) is 18.4. The number of nitrogens with one attached hydrogen (secondary N) is 1. The van der Waals surface area contributed by atoms with Crippen LogP contribution in [0.4, 0.5) is 5.69 Å². The van der Waals surface area contributed by atoms with Crippen LogP contribution < -0.4 is 10.1 Å². The standard InChI is InChI=1S/C19H22N2O4/c1-12(2)25-15-6-5-11-20-16(15)17(22)21-14-9-7-13(8-10-14)19(3,4)18(23)24/h5-12H,1-4H3,(H,21,22)(H,23,24). The Kier molecular flexibility index (Phi) is 5.41. The molecule has 1 heterocycles. The van der Waals surface area contributed by atoms with Crippen molar-refractivity contribution in [2.75, 3.05) is 5.32 Å². The molecule has 0 radical (unpaired) electrons. The number of pyridine rings is 1. The van der Waals surface area contributed by atoms with Crippen molar-refractivity contribution in [2.45, 2.75) is 39.2 Å². The molecule has 1 aromatic heterocycles. The second-order valence-electron chi connectivity index (χ2n) is 6.48. The molecule has 6 nitrogen and oxygen atoms in total. The van der Waals surface area contributed by atoms with Gasteiger partial charge in [-0.2, -0.15) is 0 Å². The summed E-state index contributed by atoms with van der Waals surface area (Å²) in [5.74, 6) is -0.881. The second kappa shape index (κ2) is 7.34. The Morgan fingerprint density at radius 3 is 2.36 bits per heavy atom. The summed E-state index contributed by atoms with van der Waals surface area (Å²) in [7, 11) is 0. The van der Waals surface area contributed by atoms with Crippen molar-refractivity contribution in [3.63, 3.8) is 0 Å². The van der Waals surface area contributed by atoms with Gasteiger partial charge in [0.2, 0.25) is 0 Å². The van der Waals surface area contributed by atoms with Gasteiger partial charge in [0.05, 0.1) is 11.5 Å². The van der Waals surface area contributed by atoms with Crippen LogP contribution in [-0.2, 0) is 10.2 Å². The van der Waals surface area contributed by atoms with Gasteiger partial charge in [-0.1, -0.05) is 12.1 Å². The zero-order valence-corrected chi connectivity index (χ0v) is 14.7. The van der Waals surface area contributed by atoms with E-state index in [4.69, 9.17) is 4.74 Å². The number of hydrogen-bond acceptors (Lipinski definition) is 4. The van der Waals surface area contributed by atoms with Crippen LogP contribution in [0.5, 0.6) is 5.75 Å². The zero-order chi connectivity index (χ0) is 18.6. The zero-order valence-electron chi connectivity index (χ0n) is 14.7. The number of aromatic nitrogens is 1. The number of anilines is 1. The van der Waals surface area contributed by atoms with Gasteiger partial charge in [0.15, 0.2) is 11.4 Å². The number of carboxylic acid groups (broad SMARTS) is 1. The highest BCUT2D eigenvalue weighted by Gasteiger charge is 2.29. The molecule has 2 aromatic rings. The molecule has 2 rings (SSSR count). The third kappa shape index (κ3) is 4.35. The predicted octanol–water partition coefficient (Wildman–Crippen LogP) is 3.48. The van der Waals surface area contributed by atoms with Gasteiger partial charge in [0, 0.05) is 11.9 Å². The Morgan fingerprint density at radius 2 is 1.80 bits per heavy atom. The Hall–Kier alpha value is -2.89. The molecule has 0 saturated heterocycles. The largest absolute Gasteiger partial charge is 0.489 e. The van der Waals surface area contributed by atoms with E-state index in [-0.39, 0.29) is 17.7 Å². The van der Waals surface area contributed by atoms with Crippen molar-refractivity contribution in [3.05, 3.63) is 53.9 Å². The molecular formula is C19H22N2O4. The number of ether oxygens (including phenoxy) is 1. The van der Waals surface area contributed by atoms with Crippen LogP contribution in [0.1, 0.15) is 43.7 Å². The minimum Gasteiger partial charge on any atom is -0.489 e. The Labute approximate surface area is 146 Å². The van der Waals surface area contributed by atoms with Gasteiger partial charge >= 0.3 is 5.97 Å². The van der Waals surface area contributed by atoms with Crippen molar-refractivity contribution in [3.8, 4) is 5.75 Å². The first-order valence-corrected chi connectivity index (χ1v) is 7.98. The van der Waals surface area contributed by atoms with Gasteiger partial charge in [0.1, 0.15) is 0 Å². The van der Waals surface area contributed by atoms with Crippen molar-refractivity contribution in [2.24, 2.45) is 0 Å². The van der Waals surface area contributed by atoms with Crippen molar-refractivity contribution in [1.82, 2.24) is 4.98 Å². The molecule has 0 unspecified atom stereocenters. The summed E-state index contributed by atoms with van der Waals surface area (Å²) in [5.41, 5.74) is 0.406. The average molecular weight is 342 g/mol. The number of benzene rings is 1. The van der Waals surface area contributed by atoms with Crippen LogP contribution >= 0.6 is 0 Å². The normalized spacial score (nSPS) is 11.2. The number of carbonyl (C=O) groups is 2. The predicted molar refractivity (Wildman–Crippen MR) is 95.1 cm³/mol. The third-order valence-electron chi connectivity index (χ3n) is 3.75. The van der Waals surface area contributed by atoms with Crippen molar-refractivity contribution >= 4 is 17.6 Å². The quantitative estimate of drug-likeness (QED) is 0.839. The maximum absolute atomic E-state index is 12.5. The molecule has 25 heavy (non-hydrogen) atoms. The lowest BCUT2D eigenvalue weighted by molar-refractivity contribution is -0.142. The minimum absolute atomic E-state index is 0.0757. The smallest absolute Gasteiger partial charge is 0.313 e. The van der Waals surface area contributed by atoms with Gasteiger partial charge in [0.25, 0.3) is 5.91 Å². The fourth-order valence-electron chi connectivity index (χ4n) is 2.19. The molecule has 0 fully saturated rings. The molecule has 0 saturated carbocycles. The molecular weight excluding hydrogens is 320 g/mol. The molecule has 6 heteroatoms. The fraction of sp³-hybridized carbons (Fsp3) is 0.316. The van der Waals surface area contributed by atoms with E-state index >= 15 is 0 Å². The maximum atomic E-state index is 12.5. The molecule has 0 atom stereocenters. The van der Waals surface area contributed by atoms with E-state index in [2.05, 4.69) is 10.3 Å². The van der Waals surface area contributed by atoms with E-state index in [0.717, 1.165) is 0 Å². The number of hydrogen-bond donors (Lipinski definition) is 2. The summed E-state index contributed by atoms with van der Waals surface area (Å²) < 4.78 is 5.61. The number of aliphatic carboxylic acids is 1. The van der Waals surface area contributed by atoms with E-state index in [9.17, 15) is 14.7 Å². The lowest BCUT2D eigenvalue weighted by atomic mass is 9.85. The molecule has 2 N–H and O–H groups in total. The molecule has 0 aliphatic heterocycles. The van der Waals surface area contributed by atoms with Crippen LogP contribution in [0.2, 0.25) is 0 Å². The van der Waals surface area contributed by atoms with Crippen molar-refractivity contribution < 1.29 is 19.4 Å². The summed E-state index contributed by atoms with van der Waals surface area (Å²) in [4.78, 5) is 27.9. The first-order valence-electron chi connectivity index (χ1n) is 7.98. The number of carboxylic acids is 1.